The fourth-order valence-corrected chi connectivity index (χ4v) is 1.28. The van der Waals surface area contributed by atoms with Crippen LogP contribution in [0.15, 0.2) is 10.9 Å². The number of H-pyrrole nitrogens is 1. The van der Waals surface area contributed by atoms with Gasteiger partial charge in [0.2, 0.25) is 0 Å². The van der Waals surface area contributed by atoms with Gasteiger partial charge in [0.25, 0.3) is 5.97 Å². The van der Waals surface area contributed by atoms with Gasteiger partial charge in [-0.3, -0.25) is 4.79 Å². The van der Waals surface area contributed by atoms with Gasteiger partial charge < -0.3 is 29.5 Å². The standard InChI is InChI=1S/C8H10N3O2.C2H4O2.Na/c12-8-5-7(9-6-10-8)11-1-3-13-4-2-11;1-2(3)4;/h5H,1-4H2,(H,9,10,12);1H3,(H,3,4);/q-1;;+1. The number of morpholine rings is 1. The minimum absolute atomic E-state index is 0. The van der Waals surface area contributed by atoms with Crippen molar-refractivity contribution in [2.45, 2.75) is 6.92 Å². The second kappa shape index (κ2) is 9.09. The molecule has 0 unspecified atom stereocenters. The normalized spacial score (nSPS) is 13.9. The second-order valence-electron chi connectivity index (χ2n) is 3.33. The molecule has 2 rings (SSSR count). The summed E-state index contributed by atoms with van der Waals surface area (Å²) in [7, 11) is 0. The SMILES string of the molecule is CC(=O)O.O=c1cc(N2CCOCC2)n[c-][nH]1.[Na+]. The molecule has 0 aromatic carbocycles. The topological polar surface area (TPSA) is 95.5 Å². The molecule has 7 nitrogen and oxygen atoms in total. The van der Waals surface area contributed by atoms with E-state index in [1.54, 1.807) is 0 Å². The number of nitrogens with one attached hydrogen (secondary N) is 1. The molecular formula is C10H14N3NaO4. The van der Waals surface area contributed by atoms with Crippen LogP contribution >= 0.6 is 0 Å². The van der Waals surface area contributed by atoms with E-state index in [2.05, 4.69) is 16.3 Å². The van der Waals surface area contributed by atoms with Gasteiger partial charge in [-0.05, 0) is 0 Å². The molecule has 0 atom stereocenters. The van der Waals surface area contributed by atoms with Gasteiger partial charge in [0.05, 0.1) is 13.2 Å². The molecular weight excluding hydrogens is 249 g/mol. The van der Waals surface area contributed by atoms with Crippen molar-refractivity contribution in [2.24, 2.45) is 0 Å². The number of aliphatic carboxylic acids is 1. The summed E-state index contributed by atoms with van der Waals surface area (Å²) < 4.78 is 5.19. The van der Waals surface area contributed by atoms with Crippen LogP contribution in [-0.4, -0.2) is 47.3 Å². The van der Waals surface area contributed by atoms with E-state index in [4.69, 9.17) is 14.6 Å². The molecule has 18 heavy (non-hydrogen) atoms. The van der Waals surface area contributed by atoms with Gasteiger partial charge in [0.15, 0.2) is 0 Å². The Morgan fingerprint density at radius 3 is 2.61 bits per heavy atom. The van der Waals surface area contributed by atoms with Gasteiger partial charge in [-0.25, -0.2) is 0 Å². The molecule has 0 bridgehead atoms. The number of aromatic amines is 1. The molecule has 1 saturated heterocycles. The molecule has 8 heteroatoms. The van der Waals surface area contributed by atoms with Gasteiger partial charge in [-0.15, -0.1) is 0 Å². The Morgan fingerprint density at radius 2 is 2.11 bits per heavy atom. The predicted octanol–water partition coefficient (Wildman–Crippen LogP) is -3.50. The maximum atomic E-state index is 10.9. The summed E-state index contributed by atoms with van der Waals surface area (Å²) in [5, 5.41) is 7.42. The van der Waals surface area contributed by atoms with Crippen molar-refractivity contribution in [1.82, 2.24) is 9.97 Å². The molecule has 94 valence electrons. The van der Waals surface area contributed by atoms with E-state index < -0.39 is 5.97 Å². The third-order valence-electron chi connectivity index (χ3n) is 1.94. The minimum atomic E-state index is -0.833. The molecule has 0 spiro atoms. The molecule has 1 aliphatic heterocycles. The van der Waals surface area contributed by atoms with Gasteiger partial charge in [-0.1, -0.05) is 6.07 Å². The summed E-state index contributed by atoms with van der Waals surface area (Å²) >= 11 is 0. The summed E-state index contributed by atoms with van der Waals surface area (Å²) in [6, 6.07) is 1.47. The number of hydrogen-bond donors (Lipinski definition) is 2. The molecule has 0 amide bonds. The Hall–Kier alpha value is -0.890. The fraction of sp³-hybridized carbons (Fsp3) is 0.500. The third-order valence-corrected chi connectivity index (χ3v) is 1.94. The smallest absolute Gasteiger partial charge is 0.481 e. The first kappa shape index (κ1) is 17.1. The first-order valence-corrected chi connectivity index (χ1v) is 5.09. The van der Waals surface area contributed by atoms with E-state index in [0.717, 1.165) is 20.0 Å². The molecule has 1 aromatic heterocycles. The van der Waals surface area contributed by atoms with E-state index in [-0.39, 0.29) is 35.1 Å². The van der Waals surface area contributed by atoms with Crippen molar-refractivity contribution >= 4 is 11.8 Å². The van der Waals surface area contributed by atoms with Crippen LogP contribution in [-0.2, 0) is 9.53 Å². The van der Waals surface area contributed by atoms with Crippen LogP contribution < -0.4 is 40.0 Å². The number of rotatable bonds is 1. The number of anilines is 1. The fourth-order valence-electron chi connectivity index (χ4n) is 1.28. The maximum Gasteiger partial charge on any atom is 1.00 e. The van der Waals surface area contributed by atoms with E-state index in [1.807, 2.05) is 4.90 Å². The number of aromatic nitrogens is 2. The molecule has 1 aromatic rings. The number of hydrogen-bond acceptors (Lipinski definition) is 5. The maximum absolute atomic E-state index is 10.9. The van der Waals surface area contributed by atoms with Gasteiger partial charge >= 0.3 is 29.6 Å². The van der Waals surface area contributed by atoms with Crippen LogP contribution in [0.2, 0.25) is 0 Å². The van der Waals surface area contributed by atoms with Gasteiger partial charge in [0.1, 0.15) is 5.56 Å². The first-order chi connectivity index (χ1) is 8.09. The zero-order valence-corrected chi connectivity index (χ0v) is 12.5. The summed E-state index contributed by atoms with van der Waals surface area (Å²) in [6.45, 7) is 4.03. The average molecular weight is 263 g/mol. The van der Waals surface area contributed by atoms with Crippen molar-refractivity contribution in [2.75, 3.05) is 31.2 Å². The molecule has 2 heterocycles. The molecule has 1 fully saturated rings. The molecule has 0 radical (unpaired) electrons. The summed E-state index contributed by atoms with van der Waals surface area (Å²) in [5.74, 6) is -0.160. The zero-order chi connectivity index (χ0) is 12.7. The molecule has 2 N–H and O–H groups in total. The van der Waals surface area contributed by atoms with Crippen LogP contribution in [0.3, 0.4) is 0 Å². The quantitative estimate of drug-likeness (QED) is 0.403. The predicted molar refractivity (Wildman–Crippen MR) is 60.0 cm³/mol. The van der Waals surface area contributed by atoms with Crippen LogP contribution in [0, 0.1) is 6.33 Å². The van der Waals surface area contributed by atoms with Crippen LogP contribution in [0.25, 0.3) is 0 Å². The Bertz CT molecular complexity index is 414. The van der Waals surface area contributed by atoms with Crippen LogP contribution in [0.4, 0.5) is 5.82 Å². The van der Waals surface area contributed by atoms with Crippen LogP contribution in [0.5, 0.6) is 0 Å². The first-order valence-electron chi connectivity index (χ1n) is 5.09. The number of ether oxygens (including phenoxy) is 1. The van der Waals surface area contributed by atoms with Crippen molar-refractivity contribution in [3.63, 3.8) is 0 Å². The Balaban J connectivity index is 0.000000512. The summed E-state index contributed by atoms with van der Waals surface area (Å²) in [4.78, 5) is 28.3. The second-order valence-corrected chi connectivity index (χ2v) is 3.33. The van der Waals surface area contributed by atoms with Crippen LogP contribution in [0.1, 0.15) is 6.92 Å². The zero-order valence-electron chi connectivity index (χ0n) is 10.5. The summed E-state index contributed by atoms with van der Waals surface area (Å²) in [5.41, 5.74) is -0.170. The van der Waals surface area contributed by atoms with Crippen molar-refractivity contribution in [3.05, 3.63) is 22.7 Å². The number of carbonyl (C=O) groups is 1. The Morgan fingerprint density at radius 1 is 1.56 bits per heavy atom. The molecule has 0 aliphatic carbocycles. The van der Waals surface area contributed by atoms with Gasteiger partial charge in [0, 0.05) is 32.2 Å². The number of nitrogens with zero attached hydrogens (tertiary/aromatic N) is 2. The van der Waals surface area contributed by atoms with E-state index in [1.165, 1.54) is 6.07 Å². The monoisotopic (exact) mass is 263 g/mol. The number of carboxylic acids is 1. The third kappa shape index (κ3) is 6.75. The molecule has 0 saturated carbocycles. The number of carboxylic acid groups (broad SMARTS) is 1. The minimum Gasteiger partial charge on any atom is -0.481 e. The summed E-state index contributed by atoms with van der Waals surface area (Å²) in [6.07, 6.45) is 2.46. The van der Waals surface area contributed by atoms with Crippen molar-refractivity contribution in [1.29, 1.82) is 0 Å². The van der Waals surface area contributed by atoms with Gasteiger partial charge in [-0.2, -0.15) is 0 Å². The Kier molecular flexibility index (Phi) is 8.65. The average Bonchev–Trinajstić information content (AvgIpc) is 2.29. The van der Waals surface area contributed by atoms with Crippen molar-refractivity contribution < 1.29 is 44.2 Å². The van der Waals surface area contributed by atoms with E-state index >= 15 is 0 Å². The van der Waals surface area contributed by atoms with Crippen molar-refractivity contribution in [3.8, 4) is 0 Å². The van der Waals surface area contributed by atoms with E-state index in [9.17, 15) is 4.79 Å². The Labute approximate surface area is 126 Å². The molecule has 1 aliphatic rings. The van der Waals surface area contributed by atoms with E-state index in [0.29, 0.717) is 19.0 Å². The largest absolute Gasteiger partial charge is 1.00 e.